The van der Waals surface area contributed by atoms with Gasteiger partial charge in [-0.1, -0.05) is 45.9 Å². The molecule has 0 fully saturated rings. The zero-order valence-electron chi connectivity index (χ0n) is 13.0. The Hall–Kier alpha value is -1.09. The summed E-state index contributed by atoms with van der Waals surface area (Å²) in [7, 11) is 0. The Balaban J connectivity index is 2.19. The van der Waals surface area contributed by atoms with Gasteiger partial charge in [0.15, 0.2) is 5.90 Å². The van der Waals surface area contributed by atoms with Crippen molar-refractivity contribution in [2.45, 2.75) is 52.7 Å². The van der Waals surface area contributed by atoms with Crippen LogP contribution in [0.1, 0.15) is 40.5 Å². The number of allylic oxidation sites excluding steroid dienone is 2. The number of rotatable bonds is 3. The highest BCUT2D eigenvalue weighted by molar-refractivity contribution is 5.75. The van der Waals surface area contributed by atoms with Crippen molar-refractivity contribution < 1.29 is 9.84 Å². The molecular weight excluding hydrogens is 250 g/mol. The second-order valence-corrected chi connectivity index (χ2v) is 6.40. The Labute approximate surface area is 122 Å². The van der Waals surface area contributed by atoms with E-state index in [1.165, 1.54) is 5.57 Å². The molecule has 0 aromatic carbocycles. The van der Waals surface area contributed by atoms with E-state index in [4.69, 9.17) is 10.1 Å². The van der Waals surface area contributed by atoms with Crippen LogP contribution >= 0.6 is 0 Å². The van der Waals surface area contributed by atoms with Gasteiger partial charge in [-0.25, -0.2) is 0 Å². The molecule has 0 aromatic rings. The minimum Gasteiger partial charge on any atom is -0.477 e. The molecule has 0 heterocycles. The number of ether oxygens (including phenoxy) is 1. The number of hydrogen-bond donors (Lipinski definition) is 2. The monoisotopic (exact) mass is 277 g/mol. The lowest BCUT2D eigenvalue weighted by atomic mass is 9.69. The van der Waals surface area contributed by atoms with Crippen LogP contribution in [0.15, 0.2) is 23.8 Å². The Bertz CT molecular complexity index is 427. The van der Waals surface area contributed by atoms with Gasteiger partial charge in [-0.2, -0.15) is 0 Å². The molecule has 0 amide bonds. The van der Waals surface area contributed by atoms with Gasteiger partial charge in [-0.3, -0.25) is 5.41 Å². The second kappa shape index (κ2) is 6.13. The standard InChI is InChI=1S/C17H27NO2/c1-5-10(2)17(18)20-15-9-14(19)8-13-7-6-11(3)12(4)16(13)15/h6-8,10-12,14-16,18-19H,5,9H2,1-4H3. The van der Waals surface area contributed by atoms with Crippen molar-refractivity contribution in [1.29, 1.82) is 5.41 Å². The molecule has 112 valence electrons. The summed E-state index contributed by atoms with van der Waals surface area (Å²) in [6.07, 6.45) is 7.26. The molecule has 6 atom stereocenters. The molecule has 0 spiro atoms. The van der Waals surface area contributed by atoms with E-state index in [9.17, 15) is 5.11 Å². The van der Waals surface area contributed by atoms with Crippen LogP contribution in [0.25, 0.3) is 0 Å². The Kier molecular flexibility index (Phi) is 4.69. The Morgan fingerprint density at radius 2 is 2.20 bits per heavy atom. The van der Waals surface area contributed by atoms with Gasteiger partial charge in [-0.05, 0) is 23.8 Å². The third kappa shape index (κ3) is 2.98. The second-order valence-electron chi connectivity index (χ2n) is 6.40. The number of hydrogen-bond acceptors (Lipinski definition) is 3. The van der Waals surface area contributed by atoms with E-state index in [-0.39, 0.29) is 12.0 Å². The van der Waals surface area contributed by atoms with Crippen LogP contribution in [0, 0.1) is 29.1 Å². The van der Waals surface area contributed by atoms with Gasteiger partial charge < -0.3 is 9.84 Å². The van der Waals surface area contributed by atoms with Crippen LogP contribution in [-0.4, -0.2) is 23.2 Å². The van der Waals surface area contributed by atoms with Crippen LogP contribution in [-0.2, 0) is 4.74 Å². The summed E-state index contributed by atoms with van der Waals surface area (Å²) < 4.78 is 5.95. The molecule has 3 nitrogen and oxygen atoms in total. The molecule has 6 unspecified atom stereocenters. The molecule has 0 saturated carbocycles. The normalized spacial score (nSPS) is 37.9. The molecule has 2 aliphatic rings. The van der Waals surface area contributed by atoms with Crippen molar-refractivity contribution in [3.63, 3.8) is 0 Å². The molecule has 0 bridgehead atoms. The first-order chi connectivity index (χ1) is 9.43. The maximum atomic E-state index is 10.0. The minimum absolute atomic E-state index is 0.0751. The highest BCUT2D eigenvalue weighted by Gasteiger charge is 2.39. The van der Waals surface area contributed by atoms with Gasteiger partial charge in [0.2, 0.25) is 0 Å². The molecular formula is C17H27NO2. The largest absolute Gasteiger partial charge is 0.477 e. The molecule has 2 aliphatic carbocycles. The van der Waals surface area contributed by atoms with Crippen molar-refractivity contribution in [2.24, 2.45) is 23.7 Å². The fourth-order valence-corrected chi connectivity index (χ4v) is 3.16. The Morgan fingerprint density at radius 1 is 1.50 bits per heavy atom. The van der Waals surface area contributed by atoms with Gasteiger partial charge in [-0.15, -0.1) is 0 Å². The molecule has 0 aromatic heterocycles. The predicted molar refractivity (Wildman–Crippen MR) is 81.7 cm³/mol. The summed E-state index contributed by atoms with van der Waals surface area (Å²) in [6.45, 7) is 8.55. The summed E-state index contributed by atoms with van der Waals surface area (Å²) >= 11 is 0. The van der Waals surface area contributed by atoms with E-state index < -0.39 is 6.10 Å². The van der Waals surface area contributed by atoms with Gasteiger partial charge >= 0.3 is 0 Å². The first kappa shape index (κ1) is 15.3. The number of nitrogens with one attached hydrogen (secondary N) is 1. The first-order valence-electron chi connectivity index (χ1n) is 7.77. The highest BCUT2D eigenvalue weighted by Crippen LogP contribution is 2.41. The molecule has 2 rings (SSSR count). The topological polar surface area (TPSA) is 53.3 Å². The summed E-state index contributed by atoms with van der Waals surface area (Å²) in [5.41, 5.74) is 1.18. The van der Waals surface area contributed by atoms with Crippen LogP contribution in [0.4, 0.5) is 0 Å². The molecule has 0 radical (unpaired) electrons. The quantitative estimate of drug-likeness (QED) is 0.612. The van der Waals surface area contributed by atoms with Crippen LogP contribution in [0.2, 0.25) is 0 Å². The maximum Gasteiger partial charge on any atom is 0.183 e. The maximum absolute atomic E-state index is 10.0. The van der Waals surface area contributed by atoms with Crippen LogP contribution in [0.5, 0.6) is 0 Å². The van der Waals surface area contributed by atoms with Gasteiger partial charge in [0.25, 0.3) is 0 Å². The third-order valence-electron chi connectivity index (χ3n) is 4.97. The predicted octanol–water partition coefficient (Wildman–Crippen LogP) is 3.54. The fourth-order valence-electron chi connectivity index (χ4n) is 3.16. The zero-order chi connectivity index (χ0) is 14.9. The van der Waals surface area contributed by atoms with E-state index in [0.29, 0.717) is 30.1 Å². The van der Waals surface area contributed by atoms with Gasteiger partial charge in [0.1, 0.15) is 6.10 Å². The van der Waals surface area contributed by atoms with E-state index in [0.717, 1.165) is 6.42 Å². The Morgan fingerprint density at radius 3 is 2.85 bits per heavy atom. The van der Waals surface area contributed by atoms with Gasteiger partial charge in [0, 0.05) is 18.3 Å². The summed E-state index contributed by atoms with van der Waals surface area (Å²) in [5.74, 6) is 1.79. The average Bonchev–Trinajstić information content (AvgIpc) is 2.41. The SMILES string of the molecule is CCC(C)C(=N)OC1CC(O)C=C2C=CC(C)C(C)C21. The van der Waals surface area contributed by atoms with E-state index in [1.807, 2.05) is 13.0 Å². The average molecular weight is 277 g/mol. The lowest BCUT2D eigenvalue weighted by Gasteiger charge is -2.41. The zero-order valence-corrected chi connectivity index (χ0v) is 13.0. The number of aliphatic hydroxyl groups is 1. The van der Waals surface area contributed by atoms with E-state index in [2.05, 4.69) is 32.9 Å². The van der Waals surface area contributed by atoms with Crippen molar-refractivity contribution in [3.05, 3.63) is 23.8 Å². The number of aliphatic hydroxyl groups excluding tert-OH is 1. The smallest absolute Gasteiger partial charge is 0.183 e. The molecule has 0 aliphatic heterocycles. The van der Waals surface area contributed by atoms with E-state index in [1.54, 1.807) is 0 Å². The number of fused-ring (bicyclic) bond motifs is 1. The molecule has 0 saturated heterocycles. The highest BCUT2D eigenvalue weighted by atomic mass is 16.5. The van der Waals surface area contributed by atoms with Crippen molar-refractivity contribution in [2.75, 3.05) is 0 Å². The first-order valence-corrected chi connectivity index (χ1v) is 7.77. The van der Waals surface area contributed by atoms with Crippen molar-refractivity contribution in [1.82, 2.24) is 0 Å². The summed E-state index contributed by atoms with van der Waals surface area (Å²) in [5, 5.41) is 18.1. The lowest BCUT2D eigenvalue weighted by Crippen LogP contribution is -2.41. The molecule has 20 heavy (non-hydrogen) atoms. The third-order valence-corrected chi connectivity index (χ3v) is 4.97. The van der Waals surface area contributed by atoms with Crippen molar-refractivity contribution in [3.8, 4) is 0 Å². The van der Waals surface area contributed by atoms with Crippen LogP contribution < -0.4 is 0 Å². The van der Waals surface area contributed by atoms with Crippen molar-refractivity contribution >= 4 is 5.90 Å². The summed E-state index contributed by atoms with van der Waals surface area (Å²) in [6, 6.07) is 0. The van der Waals surface area contributed by atoms with E-state index >= 15 is 0 Å². The molecule has 3 heteroatoms. The molecule has 2 N–H and O–H groups in total. The summed E-state index contributed by atoms with van der Waals surface area (Å²) in [4.78, 5) is 0. The minimum atomic E-state index is -0.457. The lowest BCUT2D eigenvalue weighted by molar-refractivity contribution is 0.0373. The van der Waals surface area contributed by atoms with Gasteiger partial charge in [0.05, 0.1) is 6.10 Å². The fraction of sp³-hybridized carbons (Fsp3) is 0.706. The van der Waals surface area contributed by atoms with Crippen LogP contribution in [0.3, 0.4) is 0 Å².